The van der Waals surface area contributed by atoms with Crippen LogP contribution in [0.1, 0.15) is 25.7 Å². The Morgan fingerprint density at radius 3 is 2.53 bits per heavy atom. The second-order valence-electron chi connectivity index (χ2n) is 8.67. The zero-order valence-corrected chi connectivity index (χ0v) is 18.0. The smallest absolute Gasteiger partial charge is 0.310 e. The van der Waals surface area contributed by atoms with Crippen LogP contribution < -0.4 is 5.32 Å². The van der Waals surface area contributed by atoms with Gasteiger partial charge in [0.25, 0.3) is 0 Å². The number of carbonyl (C=O) groups excluding carboxylic acids is 1. The van der Waals surface area contributed by atoms with Crippen LogP contribution in [0.4, 0.5) is 19.0 Å². The van der Waals surface area contributed by atoms with Crippen molar-refractivity contribution in [2.75, 3.05) is 25.0 Å². The van der Waals surface area contributed by atoms with Gasteiger partial charge >= 0.3 is 6.18 Å². The van der Waals surface area contributed by atoms with Crippen LogP contribution in [0, 0.1) is 11.3 Å². The van der Waals surface area contributed by atoms with E-state index in [2.05, 4.69) is 20.3 Å². The monoisotopic (exact) mass is 461 g/mol. The quantitative estimate of drug-likeness (QED) is 0.594. The zero-order chi connectivity index (χ0) is 22.3. The lowest BCUT2D eigenvalue weighted by Crippen LogP contribution is -2.44. The van der Waals surface area contributed by atoms with Crippen molar-refractivity contribution in [3.63, 3.8) is 0 Å². The minimum atomic E-state index is -4.14. The topological polar surface area (TPSA) is 71.0 Å². The molecule has 6 nitrogen and oxygen atoms in total. The summed E-state index contributed by atoms with van der Waals surface area (Å²) in [4.78, 5) is 28.4. The fourth-order valence-electron chi connectivity index (χ4n) is 4.28. The van der Waals surface area contributed by atoms with Gasteiger partial charge in [0.1, 0.15) is 5.82 Å². The highest BCUT2D eigenvalue weighted by molar-refractivity contribution is 7.13. The number of hydrogen-bond donors (Lipinski definition) is 1. The Morgan fingerprint density at radius 1 is 1.12 bits per heavy atom. The molecule has 1 amide bonds. The van der Waals surface area contributed by atoms with E-state index in [1.54, 1.807) is 24.1 Å². The molecule has 1 saturated heterocycles. The molecule has 1 aliphatic heterocycles. The molecule has 2 fully saturated rings. The van der Waals surface area contributed by atoms with Crippen molar-refractivity contribution >= 4 is 33.8 Å². The predicted molar refractivity (Wildman–Crippen MR) is 116 cm³/mol. The fraction of sp³-hybridized carbons (Fsp3) is 0.455. The molecule has 1 aliphatic carbocycles. The normalized spacial score (nSPS) is 19.2. The van der Waals surface area contributed by atoms with Crippen LogP contribution >= 0.6 is 11.3 Å². The van der Waals surface area contributed by atoms with E-state index in [1.807, 2.05) is 17.0 Å². The summed E-state index contributed by atoms with van der Waals surface area (Å²) in [7, 11) is 0. The summed E-state index contributed by atoms with van der Waals surface area (Å²) in [5.41, 5.74) is 1.03. The summed E-state index contributed by atoms with van der Waals surface area (Å²) in [5, 5.41) is 4.65. The van der Waals surface area contributed by atoms with Gasteiger partial charge in [-0.25, -0.2) is 4.98 Å². The second kappa shape index (κ2) is 8.08. The molecule has 3 aromatic heterocycles. The number of thiazole rings is 1. The number of amides is 1. The summed E-state index contributed by atoms with van der Waals surface area (Å²) in [6.07, 6.45) is 2.55. The number of nitrogens with zero attached hydrogens (tertiary/aromatic N) is 4. The molecule has 1 N–H and O–H groups in total. The molecule has 168 valence electrons. The Balaban J connectivity index is 1.21. The van der Waals surface area contributed by atoms with Gasteiger partial charge in [-0.3, -0.25) is 14.8 Å². The number of fused-ring (bicyclic) bond motifs is 1. The van der Waals surface area contributed by atoms with E-state index in [1.165, 1.54) is 11.3 Å². The van der Waals surface area contributed by atoms with Gasteiger partial charge in [0, 0.05) is 36.4 Å². The summed E-state index contributed by atoms with van der Waals surface area (Å²) in [5.74, 6) is 0.0977. The first-order chi connectivity index (χ1) is 15.3. The molecule has 0 spiro atoms. The van der Waals surface area contributed by atoms with Crippen molar-refractivity contribution in [2.24, 2.45) is 11.3 Å². The SMILES string of the molecule is O=C(Nc1cc2cc(-c3cncs3)ncc2cn1)C1CCN(CC2(C(F)(F)F)CC2)CC1. The molecule has 0 bridgehead atoms. The molecule has 0 aromatic carbocycles. The number of pyridine rings is 2. The maximum Gasteiger partial charge on any atom is 0.395 e. The molecule has 0 unspecified atom stereocenters. The summed E-state index contributed by atoms with van der Waals surface area (Å²) in [6, 6.07) is 3.75. The first-order valence-corrected chi connectivity index (χ1v) is 11.5. The van der Waals surface area contributed by atoms with Crippen LogP contribution in [0.15, 0.2) is 36.2 Å². The minimum Gasteiger partial charge on any atom is -0.310 e. The standard InChI is InChI=1S/C22H22F3N5OS/c23-22(24,25)21(3-4-21)12-30-5-1-14(2-6-30)20(31)29-19-8-15-7-17(18-11-26-13-32-18)27-9-16(15)10-28-19/h7-11,13-14H,1-6,12H2,(H,28,29,31). The Hall–Kier alpha value is -2.59. The third kappa shape index (κ3) is 4.21. The molecular formula is C22H22F3N5OS. The lowest BCUT2D eigenvalue weighted by molar-refractivity contribution is -0.192. The number of aromatic nitrogens is 3. The van der Waals surface area contributed by atoms with E-state index in [4.69, 9.17) is 0 Å². The van der Waals surface area contributed by atoms with Crippen LogP contribution in [-0.4, -0.2) is 51.6 Å². The van der Waals surface area contributed by atoms with Crippen molar-refractivity contribution in [1.82, 2.24) is 19.9 Å². The second-order valence-corrected chi connectivity index (χ2v) is 9.56. The number of alkyl halides is 3. The molecular weight excluding hydrogens is 439 g/mol. The third-order valence-electron chi connectivity index (χ3n) is 6.48. The van der Waals surface area contributed by atoms with Gasteiger partial charge < -0.3 is 10.2 Å². The van der Waals surface area contributed by atoms with Crippen molar-refractivity contribution in [1.29, 1.82) is 0 Å². The van der Waals surface area contributed by atoms with Crippen LogP contribution in [0.5, 0.6) is 0 Å². The van der Waals surface area contributed by atoms with E-state index in [9.17, 15) is 18.0 Å². The summed E-state index contributed by atoms with van der Waals surface area (Å²) in [6.45, 7) is 1.06. The number of piperidine rings is 1. The predicted octanol–water partition coefficient (Wildman–Crippen LogP) is 4.75. The van der Waals surface area contributed by atoms with Crippen LogP contribution in [0.3, 0.4) is 0 Å². The summed E-state index contributed by atoms with van der Waals surface area (Å²) >= 11 is 1.50. The highest BCUT2D eigenvalue weighted by atomic mass is 32.1. The average molecular weight is 462 g/mol. The van der Waals surface area contributed by atoms with Crippen LogP contribution in [0.2, 0.25) is 0 Å². The van der Waals surface area contributed by atoms with Crippen LogP contribution in [-0.2, 0) is 4.79 Å². The molecule has 2 aliphatic rings. The number of carbonyl (C=O) groups is 1. The Bertz CT molecular complexity index is 1120. The number of halogens is 3. The van der Waals surface area contributed by atoms with E-state index in [0.717, 1.165) is 21.3 Å². The van der Waals surface area contributed by atoms with Gasteiger partial charge in [0.2, 0.25) is 5.91 Å². The first kappa shape index (κ1) is 21.3. The Kier molecular flexibility index (Phi) is 5.37. The molecule has 1 saturated carbocycles. The van der Waals surface area contributed by atoms with E-state index in [0.29, 0.717) is 31.7 Å². The van der Waals surface area contributed by atoms with Gasteiger partial charge in [-0.15, -0.1) is 11.3 Å². The summed E-state index contributed by atoms with van der Waals surface area (Å²) < 4.78 is 39.6. The third-order valence-corrected chi connectivity index (χ3v) is 7.27. The number of rotatable bonds is 5. The maximum atomic E-state index is 13.2. The molecule has 0 radical (unpaired) electrons. The molecule has 4 heterocycles. The van der Waals surface area contributed by atoms with Gasteiger partial charge in [0.05, 0.1) is 21.5 Å². The minimum absolute atomic E-state index is 0.0488. The van der Waals surface area contributed by atoms with Crippen molar-refractivity contribution in [3.8, 4) is 10.6 Å². The lowest BCUT2D eigenvalue weighted by Gasteiger charge is -2.34. The zero-order valence-electron chi connectivity index (χ0n) is 17.2. The van der Waals surface area contributed by atoms with E-state index in [-0.39, 0.29) is 31.2 Å². The number of hydrogen-bond acceptors (Lipinski definition) is 6. The lowest BCUT2D eigenvalue weighted by atomic mass is 9.94. The van der Waals surface area contributed by atoms with Crippen molar-refractivity contribution in [3.05, 3.63) is 36.2 Å². The molecule has 32 heavy (non-hydrogen) atoms. The van der Waals surface area contributed by atoms with Gasteiger partial charge in [-0.1, -0.05) is 0 Å². The highest BCUT2D eigenvalue weighted by Crippen LogP contribution is 2.58. The fourth-order valence-corrected chi connectivity index (χ4v) is 4.86. The van der Waals surface area contributed by atoms with Gasteiger partial charge in [0.15, 0.2) is 0 Å². The van der Waals surface area contributed by atoms with Crippen molar-refractivity contribution < 1.29 is 18.0 Å². The number of nitrogens with one attached hydrogen (secondary N) is 1. The van der Waals surface area contributed by atoms with Gasteiger partial charge in [-0.05, 0) is 56.3 Å². The Labute approximate surface area is 186 Å². The van der Waals surface area contributed by atoms with E-state index < -0.39 is 11.6 Å². The molecule has 3 aromatic rings. The van der Waals surface area contributed by atoms with Gasteiger partial charge in [-0.2, -0.15) is 13.2 Å². The Morgan fingerprint density at radius 2 is 1.88 bits per heavy atom. The van der Waals surface area contributed by atoms with E-state index >= 15 is 0 Å². The largest absolute Gasteiger partial charge is 0.395 e. The highest BCUT2D eigenvalue weighted by Gasteiger charge is 2.63. The number of anilines is 1. The molecule has 5 rings (SSSR count). The number of likely N-dealkylation sites (tertiary alicyclic amines) is 1. The van der Waals surface area contributed by atoms with Crippen LogP contribution in [0.25, 0.3) is 21.3 Å². The maximum absolute atomic E-state index is 13.2. The molecule has 10 heteroatoms. The molecule has 0 atom stereocenters. The van der Waals surface area contributed by atoms with Crippen molar-refractivity contribution in [2.45, 2.75) is 31.9 Å². The first-order valence-electron chi connectivity index (χ1n) is 10.6. The average Bonchev–Trinajstić information content (AvgIpc) is 3.36.